The Balaban J connectivity index is 2.05. The molecule has 2 aromatic rings. The molecule has 0 spiro atoms. The monoisotopic (exact) mass is 453 g/mol. The first kappa shape index (κ1) is 26.0. The third-order valence-electron chi connectivity index (χ3n) is 5.18. The van der Waals surface area contributed by atoms with Gasteiger partial charge in [-0.25, -0.2) is 0 Å². The van der Waals surface area contributed by atoms with Crippen LogP contribution >= 0.6 is 0 Å². The molecule has 0 saturated heterocycles. The summed E-state index contributed by atoms with van der Waals surface area (Å²) >= 11 is 0. The maximum Gasteiger partial charge on any atom is 0.242 e. The van der Waals surface area contributed by atoms with Gasteiger partial charge >= 0.3 is 0 Å². The fourth-order valence-electron chi connectivity index (χ4n) is 3.51. The molecule has 3 amide bonds. The SMILES string of the molecule is CN(CC(=O)N(CCCCN)CC(=O)N(CC(N)=O)Cc1ccccc1)Cc1ccccc1. The van der Waals surface area contributed by atoms with Crippen LogP contribution in [0.2, 0.25) is 0 Å². The lowest BCUT2D eigenvalue weighted by Crippen LogP contribution is -2.47. The third-order valence-corrected chi connectivity index (χ3v) is 5.18. The Morgan fingerprint density at radius 1 is 0.727 bits per heavy atom. The summed E-state index contributed by atoms with van der Waals surface area (Å²) in [7, 11) is 1.87. The fraction of sp³-hybridized carbons (Fsp3) is 0.400. The number of unbranched alkanes of at least 4 members (excludes halogenated alkanes) is 1. The van der Waals surface area contributed by atoms with Crippen molar-refractivity contribution in [1.29, 1.82) is 0 Å². The van der Waals surface area contributed by atoms with Gasteiger partial charge in [0.25, 0.3) is 0 Å². The standard InChI is InChI=1S/C25H35N5O3/c1-28(16-21-10-4-2-5-11-21)19-24(32)29(15-9-8-14-26)20-25(33)30(18-23(27)31)17-22-12-6-3-7-13-22/h2-7,10-13H,8-9,14-20,26H2,1H3,(H2,27,31). The Hall–Kier alpha value is -3.23. The molecule has 8 nitrogen and oxygen atoms in total. The molecule has 178 valence electrons. The largest absolute Gasteiger partial charge is 0.368 e. The molecule has 2 rings (SSSR count). The highest BCUT2D eigenvalue weighted by atomic mass is 16.2. The van der Waals surface area contributed by atoms with Gasteiger partial charge in [0.05, 0.1) is 19.6 Å². The molecule has 0 aliphatic heterocycles. The first-order valence-corrected chi connectivity index (χ1v) is 11.2. The zero-order chi connectivity index (χ0) is 24.1. The van der Waals surface area contributed by atoms with Crippen LogP contribution in [0.1, 0.15) is 24.0 Å². The summed E-state index contributed by atoms with van der Waals surface area (Å²) in [5.74, 6) is -1.05. The number of amides is 3. The van der Waals surface area contributed by atoms with Gasteiger partial charge in [-0.1, -0.05) is 60.7 Å². The molecule has 0 radical (unpaired) electrons. The van der Waals surface area contributed by atoms with Crippen LogP contribution < -0.4 is 11.5 Å². The van der Waals surface area contributed by atoms with Gasteiger partial charge < -0.3 is 21.3 Å². The molecule has 0 aliphatic rings. The van der Waals surface area contributed by atoms with Crippen molar-refractivity contribution >= 4 is 17.7 Å². The van der Waals surface area contributed by atoms with Crippen molar-refractivity contribution in [3.8, 4) is 0 Å². The van der Waals surface area contributed by atoms with E-state index in [1.54, 1.807) is 4.90 Å². The van der Waals surface area contributed by atoms with Crippen molar-refractivity contribution < 1.29 is 14.4 Å². The van der Waals surface area contributed by atoms with Crippen molar-refractivity contribution in [1.82, 2.24) is 14.7 Å². The van der Waals surface area contributed by atoms with E-state index in [0.29, 0.717) is 26.1 Å². The number of benzene rings is 2. The van der Waals surface area contributed by atoms with Crippen molar-refractivity contribution in [2.24, 2.45) is 11.5 Å². The Labute approximate surface area is 196 Å². The number of rotatable bonds is 14. The predicted octanol–water partition coefficient (Wildman–Crippen LogP) is 1.20. The van der Waals surface area contributed by atoms with Crippen molar-refractivity contribution in [2.45, 2.75) is 25.9 Å². The highest BCUT2D eigenvalue weighted by Crippen LogP contribution is 2.08. The summed E-state index contributed by atoms with van der Waals surface area (Å²) < 4.78 is 0. The molecule has 0 bridgehead atoms. The van der Waals surface area contributed by atoms with Crippen LogP contribution in [0.5, 0.6) is 0 Å². The van der Waals surface area contributed by atoms with Gasteiger partial charge in [-0.05, 0) is 37.6 Å². The third kappa shape index (κ3) is 9.84. The van der Waals surface area contributed by atoms with E-state index in [-0.39, 0.29) is 38.0 Å². The zero-order valence-electron chi connectivity index (χ0n) is 19.4. The Morgan fingerprint density at radius 3 is 1.82 bits per heavy atom. The second-order valence-electron chi connectivity index (χ2n) is 8.17. The van der Waals surface area contributed by atoms with Crippen LogP contribution in [0.25, 0.3) is 0 Å². The quantitative estimate of drug-likeness (QED) is 0.417. The average Bonchev–Trinajstić information content (AvgIpc) is 2.79. The lowest BCUT2D eigenvalue weighted by atomic mass is 10.2. The van der Waals surface area contributed by atoms with Gasteiger partial charge in [0.15, 0.2) is 0 Å². The molecule has 33 heavy (non-hydrogen) atoms. The molecule has 8 heteroatoms. The van der Waals surface area contributed by atoms with Crippen LogP contribution in [-0.2, 0) is 27.5 Å². The normalized spacial score (nSPS) is 10.8. The number of hydrogen-bond donors (Lipinski definition) is 2. The Bertz CT molecular complexity index is 876. The van der Waals surface area contributed by atoms with Gasteiger partial charge in [0.2, 0.25) is 17.7 Å². The minimum absolute atomic E-state index is 0.108. The maximum atomic E-state index is 13.1. The first-order chi connectivity index (χ1) is 15.9. The number of nitrogens with zero attached hydrogens (tertiary/aromatic N) is 3. The van der Waals surface area contributed by atoms with E-state index in [1.165, 1.54) is 4.90 Å². The van der Waals surface area contributed by atoms with E-state index in [0.717, 1.165) is 17.5 Å². The van der Waals surface area contributed by atoms with E-state index in [9.17, 15) is 14.4 Å². The summed E-state index contributed by atoms with van der Waals surface area (Å²) in [6.07, 6.45) is 1.46. The summed E-state index contributed by atoms with van der Waals surface area (Å²) in [4.78, 5) is 42.6. The molecular formula is C25H35N5O3. The smallest absolute Gasteiger partial charge is 0.242 e. The van der Waals surface area contributed by atoms with Crippen LogP contribution in [-0.4, -0.2) is 72.2 Å². The fourth-order valence-corrected chi connectivity index (χ4v) is 3.51. The van der Waals surface area contributed by atoms with Gasteiger partial charge in [-0.2, -0.15) is 0 Å². The molecule has 0 atom stereocenters. The van der Waals surface area contributed by atoms with E-state index in [1.807, 2.05) is 72.6 Å². The van der Waals surface area contributed by atoms with Gasteiger partial charge in [0.1, 0.15) is 0 Å². The van der Waals surface area contributed by atoms with Crippen molar-refractivity contribution in [3.05, 3.63) is 71.8 Å². The van der Waals surface area contributed by atoms with E-state index in [2.05, 4.69) is 0 Å². The molecule has 2 aromatic carbocycles. The second-order valence-corrected chi connectivity index (χ2v) is 8.17. The molecule has 0 fully saturated rings. The topological polar surface area (TPSA) is 113 Å². The van der Waals surface area contributed by atoms with Crippen molar-refractivity contribution in [2.75, 3.05) is 39.8 Å². The molecule has 4 N–H and O–H groups in total. The van der Waals surface area contributed by atoms with Crippen LogP contribution in [0.15, 0.2) is 60.7 Å². The Morgan fingerprint density at radius 2 is 1.27 bits per heavy atom. The van der Waals surface area contributed by atoms with Crippen LogP contribution in [0.3, 0.4) is 0 Å². The maximum absolute atomic E-state index is 13.1. The second kappa shape index (κ2) is 14.0. The number of carbonyl (C=O) groups is 3. The number of nitrogens with two attached hydrogens (primary N) is 2. The molecule has 0 saturated carbocycles. The summed E-state index contributed by atoms with van der Waals surface area (Å²) in [6, 6.07) is 19.3. The molecule has 0 aliphatic carbocycles. The predicted molar refractivity (Wildman–Crippen MR) is 129 cm³/mol. The number of likely N-dealkylation sites (N-methyl/N-ethyl adjacent to an activating group) is 1. The van der Waals surface area contributed by atoms with Gasteiger partial charge in [-0.15, -0.1) is 0 Å². The lowest BCUT2D eigenvalue weighted by Gasteiger charge is -2.28. The van der Waals surface area contributed by atoms with E-state index in [4.69, 9.17) is 11.5 Å². The summed E-state index contributed by atoms with van der Waals surface area (Å²) in [6.45, 7) is 1.69. The van der Waals surface area contributed by atoms with Crippen LogP contribution in [0.4, 0.5) is 0 Å². The molecule has 0 aromatic heterocycles. The number of hydrogen-bond acceptors (Lipinski definition) is 5. The van der Waals surface area contributed by atoms with Gasteiger partial charge in [-0.3, -0.25) is 19.3 Å². The lowest BCUT2D eigenvalue weighted by molar-refractivity contribution is -0.142. The molecule has 0 unspecified atom stereocenters. The molecule has 0 heterocycles. The van der Waals surface area contributed by atoms with E-state index >= 15 is 0 Å². The highest BCUT2D eigenvalue weighted by molar-refractivity contribution is 5.88. The minimum atomic E-state index is -0.595. The van der Waals surface area contributed by atoms with E-state index < -0.39 is 5.91 Å². The minimum Gasteiger partial charge on any atom is -0.368 e. The highest BCUT2D eigenvalue weighted by Gasteiger charge is 2.23. The number of primary amides is 1. The summed E-state index contributed by atoms with van der Waals surface area (Å²) in [5, 5.41) is 0. The Kier molecular flexibility index (Phi) is 11.1. The van der Waals surface area contributed by atoms with Gasteiger partial charge in [0, 0.05) is 19.6 Å². The number of carbonyl (C=O) groups excluding carboxylic acids is 3. The average molecular weight is 454 g/mol. The molecular weight excluding hydrogens is 418 g/mol. The van der Waals surface area contributed by atoms with Crippen LogP contribution in [0, 0.1) is 0 Å². The zero-order valence-corrected chi connectivity index (χ0v) is 19.4. The van der Waals surface area contributed by atoms with Crippen molar-refractivity contribution in [3.63, 3.8) is 0 Å². The first-order valence-electron chi connectivity index (χ1n) is 11.2. The summed E-state index contributed by atoms with van der Waals surface area (Å²) in [5.41, 5.74) is 13.0.